The Hall–Kier alpha value is -1.73. The molecule has 0 spiro atoms. The van der Waals surface area contributed by atoms with E-state index in [1.54, 1.807) is 6.20 Å². The third kappa shape index (κ3) is 2.36. The van der Waals surface area contributed by atoms with Crippen molar-refractivity contribution < 1.29 is 9.47 Å². The van der Waals surface area contributed by atoms with Crippen LogP contribution in [-0.2, 0) is 15.9 Å². The first-order valence-electron chi connectivity index (χ1n) is 7.43. The van der Waals surface area contributed by atoms with Crippen LogP contribution in [0.2, 0.25) is 0 Å². The number of ether oxygens (including phenoxy) is 2. The molecule has 2 fully saturated rings. The number of fused-ring (bicyclic) bond motifs is 1. The third-order valence-electron chi connectivity index (χ3n) is 4.24. The first-order valence-corrected chi connectivity index (χ1v) is 7.43. The van der Waals surface area contributed by atoms with Gasteiger partial charge < -0.3 is 14.5 Å². The molecule has 112 valence electrons. The van der Waals surface area contributed by atoms with Crippen molar-refractivity contribution in [1.29, 1.82) is 0 Å². The van der Waals surface area contributed by atoms with Gasteiger partial charge in [-0.1, -0.05) is 0 Å². The zero-order chi connectivity index (χ0) is 14.2. The lowest BCUT2D eigenvalue weighted by Crippen LogP contribution is -2.30. The average Bonchev–Trinajstić information content (AvgIpc) is 2.88. The Morgan fingerprint density at radius 1 is 1.29 bits per heavy atom. The lowest BCUT2D eigenvalue weighted by molar-refractivity contribution is -0.0321. The van der Waals surface area contributed by atoms with Gasteiger partial charge in [0.15, 0.2) is 5.65 Å². The fourth-order valence-corrected chi connectivity index (χ4v) is 2.95. The molecule has 0 bridgehead atoms. The summed E-state index contributed by atoms with van der Waals surface area (Å²) in [6, 6.07) is 0.269. The maximum Gasteiger partial charge on any atom is 0.262 e. The standard InChI is InChI=1S/C14H18N4O3/c19-14-11-6-15-18(10-1-3-20-4-2-10)13(11)16-12(17-14)5-9-7-21-8-9/h6,9-10H,1-5,7-8H2,(H,16,17,19). The normalized spacial score (nSPS) is 20.8. The number of nitrogens with zero attached hydrogens (tertiary/aromatic N) is 3. The van der Waals surface area contributed by atoms with Gasteiger partial charge in [0.2, 0.25) is 0 Å². The average molecular weight is 290 g/mol. The SMILES string of the molecule is O=c1[nH]c(CC2COC2)nc2c1cnn2C1CCOCC1. The molecule has 0 atom stereocenters. The first kappa shape index (κ1) is 13.0. The van der Waals surface area contributed by atoms with Crippen molar-refractivity contribution in [3.05, 3.63) is 22.4 Å². The molecule has 0 unspecified atom stereocenters. The molecule has 0 amide bonds. The van der Waals surface area contributed by atoms with E-state index < -0.39 is 0 Å². The molecule has 7 nitrogen and oxygen atoms in total. The summed E-state index contributed by atoms with van der Waals surface area (Å²) in [6.07, 6.45) is 4.20. The topological polar surface area (TPSA) is 82.0 Å². The second-order valence-electron chi connectivity index (χ2n) is 5.79. The lowest BCUT2D eigenvalue weighted by atomic mass is 10.0. The molecule has 7 heteroatoms. The summed E-state index contributed by atoms with van der Waals surface area (Å²) in [4.78, 5) is 19.7. The largest absolute Gasteiger partial charge is 0.381 e. The number of aromatic amines is 1. The Balaban J connectivity index is 1.71. The lowest BCUT2D eigenvalue weighted by Gasteiger charge is -2.25. The molecule has 4 rings (SSSR count). The number of rotatable bonds is 3. The zero-order valence-electron chi connectivity index (χ0n) is 11.7. The van der Waals surface area contributed by atoms with E-state index in [-0.39, 0.29) is 11.6 Å². The zero-order valence-corrected chi connectivity index (χ0v) is 11.7. The molecule has 0 aliphatic carbocycles. The highest BCUT2D eigenvalue weighted by Gasteiger charge is 2.23. The maximum atomic E-state index is 12.2. The van der Waals surface area contributed by atoms with Crippen molar-refractivity contribution in [2.75, 3.05) is 26.4 Å². The first-order chi connectivity index (χ1) is 10.3. The van der Waals surface area contributed by atoms with E-state index in [0.717, 1.165) is 51.5 Å². The third-order valence-corrected chi connectivity index (χ3v) is 4.24. The minimum Gasteiger partial charge on any atom is -0.381 e. The molecule has 2 aliphatic rings. The van der Waals surface area contributed by atoms with Crippen LogP contribution in [-0.4, -0.2) is 46.2 Å². The Bertz CT molecular complexity index is 698. The van der Waals surface area contributed by atoms with E-state index in [1.165, 1.54) is 0 Å². The smallest absolute Gasteiger partial charge is 0.262 e. The summed E-state index contributed by atoms with van der Waals surface area (Å²) < 4.78 is 12.5. The molecular weight excluding hydrogens is 272 g/mol. The summed E-state index contributed by atoms with van der Waals surface area (Å²) in [5.41, 5.74) is 0.592. The van der Waals surface area contributed by atoms with Crippen LogP contribution in [0.1, 0.15) is 24.7 Å². The van der Waals surface area contributed by atoms with Crippen LogP contribution in [0.25, 0.3) is 11.0 Å². The van der Waals surface area contributed by atoms with E-state index in [4.69, 9.17) is 9.47 Å². The predicted molar refractivity (Wildman–Crippen MR) is 75.3 cm³/mol. The molecule has 21 heavy (non-hydrogen) atoms. The highest BCUT2D eigenvalue weighted by Crippen LogP contribution is 2.23. The van der Waals surface area contributed by atoms with E-state index in [2.05, 4.69) is 15.1 Å². The highest BCUT2D eigenvalue weighted by atomic mass is 16.5. The van der Waals surface area contributed by atoms with E-state index in [1.807, 2.05) is 4.68 Å². The van der Waals surface area contributed by atoms with Gasteiger partial charge in [0.1, 0.15) is 11.2 Å². The highest BCUT2D eigenvalue weighted by molar-refractivity contribution is 5.73. The van der Waals surface area contributed by atoms with Gasteiger partial charge >= 0.3 is 0 Å². The van der Waals surface area contributed by atoms with Crippen LogP contribution >= 0.6 is 0 Å². The van der Waals surface area contributed by atoms with E-state index >= 15 is 0 Å². The minimum absolute atomic E-state index is 0.103. The maximum absolute atomic E-state index is 12.2. The van der Waals surface area contributed by atoms with Gasteiger partial charge in [0, 0.05) is 25.6 Å². The number of nitrogens with one attached hydrogen (secondary N) is 1. The quantitative estimate of drug-likeness (QED) is 0.898. The van der Waals surface area contributed by atoms with Crippen molar-refractivity contribution >= 4 is 11.0 Å². The van der Waals surface area contributed by atoms with Gasteiger partial charge in [-0.3, -0.25) is 4.79 Å². The van der Waals surface area contributed by atoms with Crippen molar-refractivity contribution in [1.82, 2.24) is 19.7 Å². The van der Waals surface area contributed by atoms with Gasteiger partial charge in [-0.2, -0.15) is 5.10 Å². The number of aromatic nitrogens is 4. The molecule has 0 aromatic carbocycles. The predicted octanol–water partition coefficient (Wildman–Crippen LogP) is 0.660. The van der Waals surface area contributed by atoms with Crippen LogP contribution in [0, 0.1) is 5.92 Å². The van der Waals surface area contributed by atoms with Crippen molar-refractivity contribution in [2.24, 2.45) is 5.92 Å². The van der Waals surface area contributed by atoms with Crippen LogP contribution in [0.4, 0.5) is 0 Å². The van der Waals surface area contributed by atoms with Gasteiger partial charge in [-0.05, 0) is 12.8 Å². The summed E-state index contributed by atoms with van der Waals surface area (Å²) >= 11 is 0. The second-order valence-corrected chi connectivity index (χ2v) is 5.79. The van der Waals surface area contributed by atoms with Crippen LogP contribution < -0.4 is 5.56 Å². The monoisotopic (exact) mass is 290 g/mol. The van der Waals surface area contributed by atoms with Gasteiger partial charge in [-0.15, -0.1) is 0 Å². The van der Waals surface area contributed by atoms with Crippen molar-refractivity contribution in [3.8, 4) is 0 Å². The summed E-state index contributed by atoms with van der Waals surface area (Å²) in [7, 11) is 0. The molecule has 2 saturated heterocycles. The van der Waals surface area contributed by atoms with Crippen LogP contribution in [0.5, 0.6) is 0 Å². The Kier molecular flexibility index (Phi) is 3.23. The molecule has 1 N–H and O–H groups in total. The number of hydrogen-bond donors (Lipinski definition) is 1. The molecule has 2 aliphatic heterocycles. The Morgan fingerprint density at radius 3 is 2.81 bits per heavy atom. The van der Waals surface area contributed by atoms with Crippen molar-refractivity contribution in [3.63, 3.8) is 0 Å². The van der Waals surface area contributed by atoms with Gasteiger partial charge in [0.05, 0.1) is 25.5 Å². The fraction of sp³-hybridized carbons (Fsp3) is 0.643. The number of H-pyrrole nitrogens is 1. The minimum atomic E-state index is -0.103. The van der Waals surface area contributed by atoms with Crippen LogP contribution in [0.15, 0.2) is 11.0 Å². The van der Waals surface area contributed by atoms with E-state index in [9.17, 15) is 4.79 Å². The summed E-state index contributed by atoms with van der Waals surface area (Å²) in [5, 5.41) is 4.95. The fourth-order valence-electron chi connectivity index (χ4n) is 2.95. The summed E-state index contributed by atoms with van der Waals surface area (Å²) in [6.45, 7) is 2.98. The van der Waals surface area contributed by atoms with Gasteiger partial charge in [0.25, 0.3) is 5.56 Å². The molecule has 0 radical (unpaired) electrons. The summed E-state index contributed by atoms with van der Waals surface area (Å²) in [5.74, 6) is 1.19. The second kappa shape index (κ2) is 5.23. The molecular formula is C14H18N4O3. The van der Waals surface area contributed by atoms with Gasteiger partial charge in [-0.25, -0.2) is 9.67 Å². The molecule has 4 heterocycles. The Morgan fingerprint density at radius 2 is 2.10 bits per heavy atom. The van der Waals surface area contributed by atoms with Crippen LogP contribution in [0.3, 0.4) is 0 Å². The Labute approximate surface area is 121 Å². The van der Waals surface area contributed by atoms with Crippen molar-refractivity contribution in [2.45, 2.75) is 25.3 Å². The molecule has 2 aromatic rings. The number of hydrogen-bond acceptors (Lipinski definition) is 5. The molecule has 0 saturated carbocycles. The van der Waals surface area contributed by atoms with E-state index in [0.29, 0.717) is 17.0 Å². The molecule has 2 aromatic heterocycles.